The summed E-state index contributed by atoms with van der Waals surface area (Å²) in [6, 6.07) is 11.1. The topological polar surface area (TPSA) is 53.6 Å². The van der Waals surface area contributed by atoms with Crippen LogP contribution >= 0.6 is 12.2 Å². The standard InChI is InChI=1S/C12H9N3OS/c16-11-9-6-7-13-10(9)14-12(17)15(11)8-4-2-1-3-5-8/h1-7,13H,(H,14,17). The third-order valence-corrected chi connectivity index (χ3v) is 2.91. The second kappa shape index (κ2) is 3.71. The van der Waals surface area contributed by atoms with Gasteiger partial charge in [-0.3, -0.25) is 9.36 Å². The number of benzene rings is 1. The number of hydrogen-bond donors (Lipinski definition) is 2. The van der Waals surface area contributed by atoms with Crippen LogP contribution in [0, 0.1) is 4.77 Å². The van der Waals surface area contributed by atoms with Gasteiger partial charge in [-0.25, -0.2) is 0 Å². The zero-order chi connectivity index (χ0) is 11.8. The summed E-state index contributed by atoms with van der Waals surface area (Å²) in [5.41, 5.74) is 1.31. The van der Waals surface area contributed by atoms with Gasteiger partial charge in [0, 0.05) is 6.20 Å². The highest BCUT2D eigenvalue weighted by Gasteiger charge is 2.07. The highest BCUT2D eigenvalue weighted by atomic mass is 32.1. The van der Waals surface area contributed by atoms with E-state index in [0.717, 1.165) is 5.69 Å². The molecule has 0 fully saturated rings. The van der Waals surface area contributed by atoms with Gasteiger partial charge in [0.05, 0.1) is 11.1 Å². The fraction of sp³-hybridized carbons (Fsp3) is 0. The maximum absolute atomic E-state index is 12.3. The van der Waals surface area contributed by atoms with Crippen LogP contribution in [0.25, 0.3) is 16.7 Å². The van der Waals surface area contributed by atoms with Crippen molar-refractivity contribution in [2.45, 2.75) is 0 Å². The molecule has 3 aromatic rings. The Hall–Kier alpha value is -2.14. The van der Waals surface area contributed by atoms with Crippen molar-refractivity contribution >= 4 is 23.3 Å². The molecule has 0 atom stereocenters. The van der Waals surface area contributed by atoms with E-state index >= 15 is 0 Å². The summed E-state index contributed by atoms with van der Waals surface area (Å²) in [5, 5.41) is 0.599. The van der Waals surface area contributed by atoms with Crippen LogP contribution in [0.15, 0.2) is 47.4 Å². The molecule has 0 spiro atoms. The molecule has 17 heavy (non-hydrogen) atoms. The lowest BCUT2D eigenvalue weighted by molar-refractivity contribution is 0.937. The fourth-order valence-corrected chi connectivity index (χ4v) is 2.13. The molecule has 84 valence electrons. The lowest BCUT2D eigenvalue weighted by Crippen LogP contribution is -2.19. The minimum absolute atomic E-state index is 0.115. The first kappa shape index (κ1) is 10.0. The molecular weight excluding hydrogens is 234 g/mol. The Morgan fingerprint density at radius 1 is 1.12 bits per heavy atom. The van der Waals surface area contributed by atoms with Gasteiger partial charge in [0.2, 0.25) is 0 Å². The summed E-state index contributed by atoms with van der Waals surface area (Å²) in [7, 11) is 0. The molecule has 2 heterocycles. The first-order chi connectivity index (χ1) is 8.27. The Labute approximate surface area is 102 Å². The first-order valence-corrected chi connectivity index (χ1v) is 5.56. The quantitative estimate of drug-likeness (QED) is 0.645. The second-order valence-electron chi connectivity index (χ2n) is 3.67. The summed E-state index contributed by atoms with van der Waals surface area (Å²) < 4.78 is 1.88. The summed E-state index contributed by atoms with van der Waals surface area (Å²) in [6.45, 7) is 0. The Bertz CT molecular complexity index is 783. The van der Waals surface area contributed by atoms with E-state index in [1.54, 1.807) is 12.3 Å². The SMILES string of the molecule is O=c1c2cc[nH]c2[nH]c(=S)n1-c1ccccc1. The molecule has 2 N–H and O–H groups in total. The largest absolute Gasteiger partial charge is 0.347 e. The summed E-state index contributed by atoms with van der Waals surface area (Å²) in [6.07, 6.45) is 1.71. The molecule has 2 aromatic heterocycles. The van der Waals surface area contributed by atoms with Crippen LogP contribution in [0.2, 0.25) is 0 Å². The Balaban J connectivity index is 2.45. The van der Waals surface area contributed by atoms with Crippen molar-refractivity contribution in [2.75, 3.05) is 0 Å². The van der Waals surface area contributed by atoms with Crippen molar-refractivity contribution in [1.82, 2.24) is 14.5 Å². The van der Waals surface area contributed by atoms with Crippen LogP contribution in [0.4, 0.5) is 0 Å². The smallest absolute Gasteiger partial charge is 0.268 e. The van der Waals surface area contributed by atoms with E-state index in [0.29, 0.717) is 15.8 Å². The van der Waals surface area contributed by atoms with Crippen molar-refractivity contribution < 1.29 is 0 Å². The molecule has 0 amide bonds. The molecule has 0 saturated carbocycles. The van der Waals surface area contributed by atoms with Crippen molar-refractivity contribution in [3.8, 4) is 5.69 Å². The highest BCUT2D eigenvalue weighted by Crippen LogP contribution is 2.08. The van der Waals surface area contributed by atoms with Crippen LogP contribution < -0.4 is 5.56 Å². The Kier molecular flexibility index (Phi) is 2.19. The zero-order valence-electron chi connectivity index (χ0n) is 8.81. The van der Waals surface area contributed by atoms with Crippen molar-refractivity contribution in [3.05, 3.63) is 57.7 Å². The van der Waals surface area contributed by atoms with Crippen LogP contribution in [-0.4, -0.2) is 14.5 Å². The monoisotopic (exact) mass is 243 g/mol. The predicted octanol–water partition coefficient (Wildman–Crippen LogP) is 2.38. The zero-order valence-corrected chi connectivity index (χ0v) is 9.62. The van der Waals surface area contributed by atoms with Gasteiger partial charge >= 0.3 is 0 Å². The molecule has 1 aromatic carbocycles. The fourth-order valence-electron chi connectivity index (χ4n) is 1.84. The van der Waals surface area contributed by atoms with Gasteiger partial charge in [-0.15, -0.1) is 0 Å². The lowest BCUT2D eigenvalue weighted by Gasteiger charge is -2.05. The van der Waals surface area contributed by atoms with E-state index in [1.807, 2.05) is 30.3 Å². The summed E-state index contributed by atoms with van der Waals surface area (Å²) >= 11 is 5.20. The van der Waals surface area contributed by atoms with E-state index in [1.165, 1.54) is 4.57 Å². The lowest BCUT2D eigenvalue weighted by atomic mass is 10.3. The Morgan fingerprint density at radius 3 is 2.65 bits per heavy atom. The van der Waals surface area contributed by atoms with Crippen LogP contribution in [-0.2, 0) is 0 Å². The van der Waals surface area contributed by atoms with Crippen LogP contribution in [0.5, 0.6) is 0 Å². The molecule has 3 rings (SSSR count). The number of para-hydroxylation sites is 1. The first-order valence-electron chi connectivity index (χ1n) is 5.15. The number of nitrogens with one attached hydrogen (secondary N) is 2. The van der Waals surface area contributed by atoms with Gasteiger partial charge in [-0.05, 0) is 30.4 Å². The number of hydrogen-bond acceptors (Lipinski definition) is 2. The molecule has 0 aliphatic heterocycles. The number of aromatic amines is 2. The minimum atomic E-state index is -0.115. The number of H-pyrrole nitrogens is 2. The van der Waals surface area contributed by atoms with Gasteiger partial charge in [-0.1, -0.05) is 18.2 Å². The van der Waals surface area contributed by atoms with Crippen LogP contribution in [0.3, 0.4) is 0 Å². The maximum Gasteiger partial charge on any atom is 0.268 e. The molecule has 5 heteroatoms. The third-order valence-electron chi connectivity index (χ3n) is 2.63. The summed E-state index contributed by atoms with van der Waals surface area (Å²) in [5.74, 6) is 0. The van der Waals surface area contributed by atoms with E-state index < -0.39 is 0 Å². The van der Waals surface area contributed by atoms with Crippen molar-refractivity contribution in [1.29, 1.82) is 0 Å². The third kappa shape index (κ3) is 1.52. The van der Waals surface area contributed by atoms with E-state index in [-0.39, 0.29) is 5.56 Å². The molecule has 0 bridgehead atoms. The predicted molar refractivity (Wildman–Crippen MR) is 69.1 cm³/mol. The van der Waals surface area contributed by atoms with Crippen molar-refractivity contribution in [3.63, 3.8) is 0 Å². The number of rotatable bonds is 1. The second-order valence-corrected chi connectivity index (χ2v) is 4.06. The summed E-state index contributed by atoms with van der Waals surface area (Å²) in [4.78, 5) is 18.2. The van der Waals surface area contributed by atoms with Gasteiger partial charge in [0.1, 0.15) is 5.65 Å². The normalized spacial score (nSPS) is 10.8. The molecule has 0 unspecified atom stereocenters. The molecular formula is C12H9N3OS. The van der Waals surface area contributed by atoms with Crippen molar-refractivity contribution in [2.24, 2.45) is 0 Å². The maximum atomic E-state index is 12.3. The molecule has 0 saturated heterocycles. The van der Waals surface area contributed by atoms with E-state index in [4.69, 9.17) is 12.2 Å². The van der Waals surface area contributed by atoms with Gasteiger partial charge in [0.15, 0.2) is 4.77 Å². The highest BCUT2D eigenvalue weighted by molar-refractivity contribution is 7.71. The number of aromatic nitrogens is 3. The van der Waals surface area contributed by atoms with Gasteiger partial charge in [-0.2, -0.15) is 0 Å². The average molecular weight is 243 g/mol. The molecule has 0 radical (unpaired) electrons. The number of nitrogens with zero attached hydrogens (tertiary/aromatic N) is 1. The molecule has 0 aliphatic rings. The van der Waals surface area contributed by atoms with E-state index in [2.05, 4.69) is 9.97 Å². The molecule has 0 aliphatic carbocycles. The van der Waals surface area contributed by atoms with Gasteiger partial charge in [0.25, 0.3) is 5.56 Å². The average Bonchev–Trinajstić information content (AvgIpc) is 2.78. The molecule has 4 nitrogen and oxygen atoms in total. The minimum Gasteiger partial charge on any atom is -0.347 e. The van der Waals surface area contributed by atoms with E-state index in [9.17, 15) is 4.79 Å². The van der Waals surface area contributed by atoms with Crippen LogP contribution in [0.1, 0.15) is 0 Å². The Morgan fingerprint density at radius 2 is 1.88 bits per heavy atom. The van der Waals surface area contributed by atoms with Gasteiger partial charge < -0.3 is 9.97 Å². The number of fused-ring (bicyclic) bond motifs is 1.